The summed E-state index contributed by atoms with van der Waals surface area (Å²) in [6.07, 6.45) is 2.56. The minimum absolute atomic E-state index is 0.0462. The van der Waals surface area contributed by atoms with E-state index in [-0.39, 0.29) is 37.7 Å². The third-order valence-corrected chi connectivity index (χ3v) is 9.07. The zero-order valence-corrected chi connectivity index (χ0v) is 26.9. The Morgan fingerprint density at radius 1 is 0.929 bits per heavy atom. The number of sulfonamides is 1. The average molecular weight is 633 g/mol. The SMILES string of the molecule is CCCNC(=O)C(Cc1ccccc1)N(Cc1ccc(Cl)c(Cl)c1)C(=O)CCCN(c1cccc(C)c1C)S(C)(=O)=O. The van der Waals surface area contributed by atoms with Gasteiger partial charge in [0.1, 0.15) is 6.04 Å². The lowest BCUT2D eigenvalue weighted by atomic mass is 10.0. The lowest BCUT2D eigenvalue weighted by Gasteiger charge is -2.32. The first-order valence-corrected chi connectivity index (χ1v) is 16.6. The molecule has 3 rings (SSSR count). The predicted octanol–water partition coefficient (Wildman–Crippen LogP) is 6.32. The summed E-state index contributed by atoms with van der Waals surface area (Å²) >= 11 is 12.4. The van der Waals surface area contributed by atoms with Crippen LogP contribution in [0.5, 0.6) is 0 Å². The summed E-state index contributed by atoms with van der Waals surface area (Å²) in [6, 6.07) is 19.4. The van der Waals surface area contributed by atoms with Gasteiger partial charge in [-0.3, -0.25) is 13.9 Å². The maximum Gasteiger partial charge on any atom is 0.243 e. The molecule has 1 atom stereocenters. The normalized spacial score (nSPS) is 12.0. The molecule has 2 amide bonds. The number of carbonyl (C=O) groups excluding carboxylic acids is 2. The van der Waals surface area contributed by atoms with Crippen molar-refractivity contribution < 1.29 is 18.0 Å². The maximum absolute atomic E-state index is 13.9. The molecule has 1 unspecified atom stereocenters. The van der Waals surface area contributed by atoms with Crippen LogP contribution in [0.2, 0.25) is 10.0 Å². The van der Waals surface area contributed by atoms with E-state index in [9.17, 15) is 18.0 Å². The second kappa shape index (κ2) is 15.4. The van der Waals surface area contributed by atoms with Crippen LogP contribution in [0.25, 0.3) is 0 Å². The number of anilines is 1. The van der Waals surface area contributed by atoms with E-state index in [1.807, 2.05) is 63.2 Å². The first-order valence-electron chi connectivity index (χ1n) is 14.0. The minimum Gasteiger partial charge on any atom is -0.354 e. The molecule has 0 heterocycles. The molecule has 42 heavy (non-hydrogen) atoms. The van der Waals surface area contributed by atoms with Gasteiger partial charge in [-0.1, -0.05) is 78.7 Å². The second-order valence-electron chi connectivity index (χ2n) is 10.4. The molecule has 0 aliphatic heterocycles. The van der Waals surface area contributed by atoms with Crippen molar-refractivity contribution >= 4 is 50.7 Å². The topological polar surface area (TPSA) is 86.8 Å². The Balaban J connectivity index is 1.91. The van der Waals surface area contributed by atoms with Crippen LogP contribution < -0.4 is 9.62 Å². The van der Waals surface area contributed by atoms with Crippen LogP contribution in [0, 0.1) is 13.8 Å². The van der Waals surface area contributed by atoms with Crippen molar-refractivity contribution in [2.45, 2.75) is 59.0 Å². The monoisotopic (exact) mass is 631 g/mol. The molecule has 3 aromatic rings. The highest BCUT2D eigenvalue weighted by molar-refractivity contribution is 7.92. The number of halogens is 2. The molecule has 0 aliphatic carbocycles. The Hall–Kier alpha value is -3.07. The third kappa shape index (κ3) is 9.21. The second-order valence-corrected chi connectivity index (χ2v) is 13.1. The van der Waals surface area contributed by atoms with Gasteiger partial charge in [-0.15, -0.1) is 0 Å². The Bertz CT molecular complexity index is 1480. The fourth-order valence-corrected chi connectivity index (χ4v) is 6.08. The van der Waals surface area contributed by atoms with E-state index in [1.54, 1.807) is 29.2 Å². The molecular weight excluding hydrogens is 593 g/mol. The van der Waals surface area contributed by atoms with E-state index < -0.39 is 16.1 Å². The van der Waals surface area contributed by atoms with E-state index in [2.05, 4.69) is 5.32 Å². The number of nitrogens with one attached hydrogen (secondary N) is 1. The van der Waals surface area contributed by atoms with Crippen molar-refractivity contribution in [3.05, 3.63) is 99.0 Å². The Kier molecular flexibility index (Phi) is 12.3. The summed E-state index contributed by atoms with van der Waals surface area (Å²) < 4.78 is 26.9. The lowest BCUT2D eigenvalue weighted by molar-refractivity contribution is -0.141. The summed E-state index contributed by atoms with van der Waals surface area (Å²) in [5, 5.41) is 3.70. The molecule has 3 aromatic carbocycles. The van der Waals surface area contributed by atoms with Crippen molar-refractivity contribution in [1.29, 1.82) is 0 Å². The molecule has 0 saturated carbocycles. The number of rotatable bonds is 14. The van der Waals surface area contributed by atoms with Crippen LogP contribution >= 0.6 is 23.2 Å². The van der Waals surface area contributed by atoms with E-state index in [4.69, 9.17) is 23.2 Å². The fourth-order valence-electron chi connectivity index (χ4n) is 4.74. The largest absolute Gasteiger partial charge is 0.354 e. The lowest BCUT2D eigenvalue weighted by Crippen LogP contribution is -2.50. The number of nitrogens with zero attached hydrogens (tertiary/aromatic N) is 2. The van der Waals surface area contributed by atoms with Crippen molar-refractivity contribution in [3.8, 4) is 0 Å². The molecule has 0 radical (unpaired) electrons. The van der Waals surface area contributed by atoms with E-state index in [1.165, 1.54) is 10.6 Å². The number of hydrogen-bond acceptors (Lipinski definition) is 4. The highest BCUT2D eigenvalue weighted by Crippen LogP contribution is 2.27. The number of benzene rings is 3. The molecule has 0 fully saturated rings. The summed E-state index contributed by atoms with van der Waals surface area (Å²) in [4.78, 5) is 29.0. The van der Waals surface area contributed by atoms with Gasteiger partial charge in [0.25, 0.3) is 0 Å². The van der Waals surface area contributed by atoms with Gasteiger partial charge in [0.05, 0.1) is 22.0 Å². The Labute approximate surface area is 259 Å². The zero-order valence-electron chi connectivity index (χ0n) is 24.6. The highest BCUT2D eigenvalue weighted by Gasteiger charge is 2.30. The van der Waals surface area contributed by atoms with Crippen molar-refractivity contribution in [2.75, 3.05) is 23.7 Å². The van der Waals surface area contributed by atoms with Crippen LogP contribution in [-0.2, 0) is 32.6 Å². The van der Waals surface area contributed by atoms with Crippen LogP contribution in [0.1, 0.15) is 48.4 Å². The predicted molar refractivity (Wildman–Crippen MR) is 172 cm³/mol. The smallest absolute Gasteiger partial charge is 0.243 e. The molecule has 226 valence electrons. The molecule has 0 bridgehead atoms. The van der Waals surface area contributed by atoms with Crippen LogP contribution in [0.4, 0.5) is 5.69 Å². The van der Waals surface area contributed by atoms with Gasteiger partial charge in [0.15, 0.2) is 0 Å². The summed E-state index contributed by atoms with van der Waals surface area (Å²) in [5.74, 6) is -0.509. The van der Waals surface area contributed by atoms with E-state index in [0.717, 1.165) is 28.7 Å². The minimum atomic E-state index is -3.60. The van der Waals surface area contributed by atoms with Crippen molar-refractivity contribution in [2.24, 2.45) is 0 Å². The molecular formula is C32H39Cl2N3O4S. The molecule has 7 nitrogen and oxygen atoms in total. The van der Waals surface area contributed by atoms with Gasteiger partial charge in [-0.05, 0) is 67.1 Å². The summed E-state index contributed by atoms with van der Waals surface area (Å²) in [7, 11) is -3.60. The fraction of sp³-hybridized carbons (Fsp3) is 0.375. The van der Waals surface area contributed by atoms with Crippen LogP contribution in [-0.4, -0.2) is 50.5 Å². The Morgan fingerprint density at radius 2 is 1.64 bits per heavy atom. The molecule has 0 aliphatic rings. The molecule has 0 saturated heterocycles. The highest BCUT2D eigenvalue weighted by atomic mass is 35.5. The van der Waals surface area contributed by atoms with Gasteiger partial charge >= 0.3 is 0 Å². The first kappa shape index (κ1) is 33.4. The summed E-state index contributed by atoms with van der Waals surface area (Å²) in [6.45, 7) is 6.53. The van der Waals surface area contributed by atoms with Gasteiger partial charge in [0, 0.05) is 32.5 Å². The molecule has 0 spiro atoms. The third-order valence-electron chi connectivity index (χ3n) is 7.15. The quantitative estimate of drug-likeness (QED) is 0.225. The maximum atomic E-state index is 13.9. The molecule has 0 aromatic heterocycles. The summed E-state index contributed by atoms with van der Waals surface area (Å²) in [5.41, 5.74) is 4.09. The number of aryl methyl sites for hydroxylation is 1. The van der Waals surface area contributed by atoms with E-state index in [0.29, 0.717) is 28.7 Å². The van der Waals surface area contributed by atoms with Crippen molar-refractivity contribution in [3.63, 3.8) is 0 Å². The number of carbonyl (C=O) groups is 2. The molecule has 10 heteroatoms. The zero-order chi connectivity index (χ0) is 30.9. The van der Waals surface area contributed by atoms with Crippen molar-refractivity contribution in [1.82, 2.24) is 10.2 Å². The van der Waals surface area contributed by atoms with Gasteiger partial charge in [-0.2, -0.15) is 0 Å². The average Bonchev–Trinajstić information content (AvgIpc) is 2.95. The Morgan fingerprint density at radius 3 is 2.29 bits per heavy atom. The van der Waals surface area contributed by atoms with Gasteiger partial charge < -0.3 is 10.2 Å². The molecule has 1 N–H and O–H groups in total. The first-order chi connectivity index (χ1) is 19.9. The van der Waals surface area contributed by atoms with E-state index >= 15 is 0 Å². The number of amides is 2. The van der Waals surface area contributed by atoms with Crippen LogP contribution in [0.15, 0.2) is 66.7 Å². The van der Waals surface area contributed by atoms with Gasteiger partial charge in [0.2, 0.25) is 21.8 Å². The number of hydrogen-bond donors (Lipinski definition) is 1. The van der Waals surface area contributed by atoms with Gasteiger partial charge in [-0.25, -0.2) is 8.42 Å². The van der Waals surface area contributed by atoms with Crippen LogP contribution in [0.3, 0.4) is 0 Å². The standard InChI is InChI=1S/C32H39Cl2N3O4S/c1-5-18-35-32(39)30(21-25-12-7-6-8-13-25)36(22-26-16-17-27(33)28(34)20-26)31(38)15-10-19-37(42(4,40)41)29-14-9-11-23(2)24(29)3/h6-9,11-14,16-17,20,30H,5,10,15,18-19,21-22H2,1-4H3,(H,35,39).